The van der Waals surface area contributed by atoms with Gasteiger partial charge in [0.05, 0.1) is 24.6 Å². The van der Waals surface area contributed by atoms with Crippen molar-refractivity contribution in [2.24, 2.45) is 5.10 Å². The number of rotatable bonds is 11. The summed E-state index contributed by atoms with van der Waals surface area (Å²) in [7, 11) is 7.11. The zero-order chi connectivity index (χ0) is 28.5. The van der Waals surface area contributed by atoms with E-state index in [1.54, 1.807) is 35.3 Å². The molecule has 2 amide bonds. The first-order valence-corrected chi connectivity index (χ1v) is 12.2. The number of carbonyl (C=O) groups excluding carboxylic acids is 2. The quantitative estimate of drug-likeness (QED) is 0.160. The number of likely N-dealkylation sites (N-methyl/N-ethyl adjacent to an activating group) is 2. The van der Waals surface area contributed by atoms with E-state index in [-0.39, 0.29) is 27.7 Å². The molecule has 0 bridgehead atoms. The fourth-order valence-electron chi connectivity index (χ4n) is 3.60. The van der Waals surface area contributed by atoms with E-state index < -0.39 is 11.7 Å². The highest BCUT2D eigenvalue weighted by molar-refractivity contribution is 6.31. The maximum absolute atomic E-state index is 15.4. The Labute approximate surface area is 232 Å². The topological polar surface area (TPSA) is 77.5 Å². The molecule has 0 saturated heterocycles. The number of hydrogen-bond donors (Lipinski definition) is 1. The van der Waals surface area contributed by atoms with Crippen LogP contribution in [0, 0.1) is 18.2 Å². The minimum Gasteiger partial charge on any atom is -0.494 e. The van der Waals surface area contributed by atoms with Crippen LogP contribution in [-0.2, 0) is 4.79 Å². The Morgan fingerprint density at radius 2 is 1.85 bits per heavy atom. The first-order valence-electron chi connectivity index (χ1n) is 11.9. The van der Waals surface area contributed by atoms with Crippen LogP contribution in [0.1, 0.15) is 21.5 Å². The summed E-state index contributed by atoms with van der Waals surface area (Å²) >= 11 is 6.25. The lowest BCUT2D eigenvalue weighted by molar-refractivity contribution is -0.106. The molecule has 0 heterocycles. The number of nitrogens with zero attached hydrogens (tertiary/aromatic N) is 4. The normalized spacial score (nSPS) is 10.8. The molecule has 3 rings (SSSR count). The van der Waals surface area contributed by atoms with Gasteiger partial charge < -0.3 is 15.0 Å². The van der Waals surface area contributed by atoms with Crippen LogP contribution in [0.3, 0.4) is 0 Å². The second-order valence-electron chi connectivity index (χ2n) is 8.80. The molecule has 3 aromatic carbocycles. The Bertz CT molecular complexity index is 1400. The predicted octanol–water partition coefficient (Wildman–Crippen LogP) is 4.84. The fourth-order valence-corrected chi connectivity index (χ4v) is 3.80. The number of ether oxygens (including phenoxy) is 1. The third kappa shape index (κ3) is 7.57. The Morgan fingerprint density at radius 3 is 2.44 bits per heavy atom. The van der Waals surface area contributed by atoms with Crippen molar-refractivity contribution in [1.82, 2.24) is 9.91 Å². The van der Waals surface area contributed by atoms with Crippen molar-refractivity contribution in [2.75, 3.05) is 51.6 Å². The lowest BCUT2D eigenvalue weighted by Gasteiger charge is -2.24. The number of nitrogens with one attached hydrogen (secondary N) is 1. The summed E-state index contributed by atoms with van der Waals surface area (Å²) in [5.41, 5.74) is 1.55. The van der Waals surface area contributed by atoms with E-state index in [1.165, 1.54) is 37.6 Å². The van der Waals surface area contributed by atoms with Crippen LogP contribution in [0.25, 0.3) is 0 Å². The van der Waals surface area contributed by atoms with Crippen molar-refractivity contribution in [3.63, 3.8) is 0 Å². The van der Waals surface area contributed by atoms with Gasteiger partial charge in [-0.3, -0.25) is 19.5 Å². The molecular formula is C29H29ClFN5O3. The monoisotopic (exact) mass is 549 g/mol. The Hall–Kier alpha value is -4.39. The van der Waals surface area contributed by atoms with Gasteiger partial charge in [0.2, 0.25) is 6.41 Å². The van der Waals surface area contributed by atoms with Crippen LogP contribution in [0.15, 0.2) is 59.7 Å². The molecule has 0 aromatic heterocycles. The summed E-state index contributed by atoms with van der Waals surface area (Å²) in [5, 5.41) is 9.00. The van der Waals surface area contributed by atoms with Gasteiger partial charge in [0.25, 0.3) is 5.91 Å². The second kappa shape index (κ2) is 13.4. The molecule has 39 heavy (non-hydrogen) atoms. The van der Waals surface area contributed by atoms with E-state index in [4.69, 9.17) is 22.8 Å². The van der Waals surface area contributed by atoms with Gasteiger partial charge in [-0.05, 0) is 62.1 Å². The van der Waals surface area contributed by atoms with Gasteiger partial charge in [-0.1, -0.05) is 23.6 Å². The highest BCUT2D eigenvalue weighted by Crippen LogP contribution is 2.40. The highest BCUT2D eigenvalue weighted by atomic mass is 35.5. The summed E-state index contributed by atoms with van der Waals surface area (Å²) in [4.78, 5) is 28.7. The van der Waals surface area contributed by atoms with E-state index in [0.717, 1.165) is 11.4 Å². The zero-order valence-corrected chi connectivity index (χ0v) is 22.9. The number of hydrazone groups is 1. The standard InChI is InChI=1S/C29H29ClFN5O3/c1-6-20-7-10-23(11-8-20)33-29(38)24-16-22(30)17-27(39-5)28(24)36(19-37)26-12-9-21(15-25(26)31)18-32-35(4)14-13-34(2)3/h1,7-12,15-19H,13-14H2,2-5H3,(H,33,38). The van der Waals surface area contributed by atoms with E-state index in [0.29, 0.717) is 29.8 Å². The fraction of sp³-hybridized carbons (Fsp3) is 0.207. The van der Waals surface area contributed by atoms with Crippen LogP contribution in [0.2, 0.25) is 5.02 Å². The minimum atomic E-state index is -0.699. The molecule has 10 heteroatoms. The summed E-state index contributed by atoms with van der Waals surface area (Å²) in [6.45, 7) is 1.50. The van der Waals surface area contributed by atoms with Crippen molar-refractivity contribution in [3.05, 3.63) is 82.1 Å². The summed E-state index contributed by atoms with van der Waals surface area (Å²) < 4.78 is 20.8. The molecule has 0 saturated carbocycles. The maximum Gasteiger partial charge on any atom is 0.257 e. The van der Waals surface area contributed by atoms with E-state index in [1.807, 2.05) is 26.0 Å². The summed E-state index contributed by atoms with van der Waals surface area (Å²) in [5.74, 6) is 1.32. The lowest BCUT2D eigenvalue weighted by atomic mass is 10.1. The number of anilines is 3. The summed E-state index contributed by atoms with van der Waals surface area (Å²) in [6, 6.07) is 13.8. The Kier molecular flexibility index (Phi) is 10.0. The van der Waals surface area contributed by atoms with Crippen LogP contribution in [0.4, 0.5) is 21.5 Å². The number of benzene rings is 3. The van der Waals surface area contributed by atoms with Crippen LogP contribution in [0.5, 0.6) is 5.75 Å². The van der Waals surface area contributed by atoms with E-state index in [9.17, 15) is 9.59 Å². The minimum absolute atomic E-state index is 0.0000300. The molecule has 0 aliphatic rings. The molecule has 0 spiro atoms. The lowest BCUT2D eigenvalue weighted by Crippen LogP contribution is -2.25. The van der Waals surface area contributed by atoms with Crippen LogP contribution < -0.4 is 15.0 Å². The second-order valence-corrected chi connectivity index (χ2v) is 9.23. The molecule has 1 N–H and O–H groups in total. The summed E-state index contributed by atoms with van der Waals surface area (Å²) in [6.07, 6.45) is 7.33. The Balaban J connectivity index is 1.97. The number of hydrogen-bond acceptors (Lipinski definition) is 6. The third-order valence-electron chi connectivity index (χ3n) is 5.67. The Morgan fingerprint density at radius 1 is 1.13 bits per heavy atom. The zero-order valence-electron chi connectivity index (χ0n) is 22.1. The van der Waals surface area contributed by atoms with Gasteiger partial charge in [0, 0.05) is 42.5 Å². The van der Waals surface area contributed by atoms with Crippen LogP contribution in [-0.4, -0.2) is 69.8 Å². The van der Waals surface area contributed by atoms with Crippen molar-refractivity contribution < 1.29 is 18.7 Å². The molecular weight excluding hydrogens is 521 g/mol. The van der Waals surface area contributed by atoms with Gasteiger partial charge in [-0.15, -0.1) is 6.42 Å². The SMILES string of the molecule is C#Cc1ccc(NC(=O)c2cc(Cl)cc(OC)c2N(C=O)c2ccc(C=NN(C)CCN(C)C)cc2F)cc1. The first kappa shape index (κ1) is 29.2. The van der Waals surface area contributed by atoms with Gasteiger partial charge in [-0.25, -0.2) is 4.39 Å². The highest BCUT2D eigenvalue weighted by Gasteiger charge is 2.25. The number of amides is 2. The number of carbonyl (C=O) groups is 2. The van der Waals surface area contributed by atoms with Crippen LogP contribution >= 0.6 is 11.6 Å². The first-order chi connectivity index (χ1) is 18.7. The molecule has 3 aromatic rings. The third-order valence-corrected chi connectivity index (χ3v) is 5.88. The molecule has 0 atom stereocenters. The average molecular weight is 550 g/mol. The van der Waals surface area contributed by atoms with Crippen molar-refractivity contribution in [1.29, 1.82) is 0 Å². The van der Waals surface area contributed by atoms with Gasteiger partial charge >= 0.3 is 0 Å². The van der Waals surface area contributed by atoms with Gasteiger partial charge in [0.1, 0.15) is 17.3 Å². The molecule has 8 nitrogen and oxygen atoms in total. The van der Waals surface area contributed by atoms with Crippen molar-refractivity contribution in [2.45, 2.75) is 0 Å². The molecule has 0 radical (unpaired) electrons. The predicted molar refractivity (Wildman–Crippen MR) is 154 cm³/mol. The van der Waals surface area contributed by atoms with Crippen molar-refractivity contribution >= 4 is 47.2 Å². The smallest absolute Gasteiger partial charge is 0.257 e. The van der Waals surface area contributed by atoms with Crippen molar-refractivity contribution in [3.8, 4) is 18.1 Å². The maximum atomic E-state index is 15.4. The average Bonchev–Trinajstić information content (AvgIpc) is 2.92. The molecule has 0 unspecified atom stereocenters. The number of methoxy groups -OCH3 is 1. The van der Waals surface area contributed by atoms with Gasteiger partial charge in [-0.2, -0.15) is 5.10 Å². The molecule has 0 fully saturated rings. The van der Waals surface area contributed by atoms with Gasteiger partial charge in [0.15, 0.2) is 0 Å². The molecule has 0 aliphatic heterocycles. The molecule has 202 valence electrons. The number of halogens is 2. The van der Waals surface area contributed by atoms with E-state index >= 15 is 4.39 Å². The number of terminal acetylenes is 1. The van der Waals surface area contributed by atoms with E-state index in [2.05, 4.69) is 16.3 Å². The molecule has 0 aliphatic carbocycles. The largest absolute Gasteiger partial charge is 0.494 e.